The molecule has 0 spiro atoms. The first-order valence-corrected chi connectivity index (χ1v) is 8.21. The van der Waals surface area contributed by atoms with E-state index in [0.717, 1.165) is 45.0 Å². The van der Waals surface area contributed by atoms with E-state index in [0.29, 0.717) is 5.92 Å². The molecule has 0 radical (unpaired) electrons. The van der Waals surface area contributed by atoms with Crippen molar-refractivity contribution in [3.63, 3.8) is 0 Å². The van der Waals surface area contributed by atoms with E-state index in [4.69, 9.17) is 9.47 Å². The number of hydrogen-bond donors (Lipinski definition) is 0. The average molecular weight is 291 g/mol. The molecule has 2 rings (SSSR count). The Morgan fingerprint density at radius 3 is 2.71 bits per heavy atom. The first kappa shape index (κ1) is 16.3. The highest BCUT2D eigenvalue weighted by Crippen LogP contribution is 2.26. The Morgan fingerprint density at radius 2 is 2.05 bits per heavy atom. The fourth-order valence-corrected chi connectivity index (χ4v) is 2.85. The molecule has 1 atom stereocenters. The SMILES string of the molecule is CCC(C)c1ccc(OC)c(CCCN2CCOCC2)c1. The van der Waals surface area contributed by atoms with Gasteiger partial charge >= 0.3 is 0 Å². The van der Waals surface area contributed by atoms with Gasteiger partial charge in [0.15, 0.2) is 0 Å². The molecule has 0 aromatic heterocycles. The van der Waals surface area contributed by atoms with Gasteiger partial charge < -0.3 is 9.47 Å². The molecule has 21 heavy (non-hydrogen) atoms. The molecule has 1 saturated heterocycles. The van der Waals surface area contributed by atoms with Crippen LogP contribution in [0.4, 0.5) is 0 Å². The summed E-state index contributed by atoms with van der Waals surface area (Å²) in [4.78, 5) is 2.49. The Kier molecular flexibility index (Phi) is 6.52. The quantitative estimate of drug-likeness (QED) is 0.768. The monoisotopic (exact) mass is 291 g/mol. The van der Waals surface area contributed by atoms with Crippen LogP contribution in [0.5, 0.6) is 5.75 Å². The van der Waals surface area contributed by atoms with E-state index < -0.39 is 0 Å². The highest BCUT2D eigenvalue weighted by Gasteiger charge is 2.12. The van der Waals surface area contributed by atoms with E-state index in [9.17, 15) is 0 Å². The Balaban J connectivity index is 1.93. The van der Waals surface area contributed by atoms with Gasteiger partial charge in [0.05, 0.1) is 20.3 Å². The smallest absolute Gasteiger partial charge is 0.122 e. The van der Waals surface area contributed by atoms with Gasteiger partial charge in [0, 0.05) is 13.1 Å². The maximum Gasteiger partial charge on any atom is 0.122 e. The third-order valence-electron chi connectivity index (χ3n) is 4.51. The molecule has 1 unspecified atom stereocenters. The van der Waals surface area contributed by atoms with Crippen LogP contribution in [0, 0.1) is 0 Å². The summed E-state index contributed by atoms with van der Waals surface area (Å²) in [5.74, 6) is 1.65. The van der Waals surface area contributed by atoms with Gasteiger partial charge in [0.25, 0.3) is 0 Å². The summed E-state index contributed by atoms with van der Waals surface area (Å²) in [5, 5.41) is 0. The second-order valence-corrected chi connectivity index (χ2v) is 5.94. The Morgan fingerprint density at radius 1 is 1.29 bits per heavy atom. The van der Waals surface area contributed by atoms with Gasteiger partial charge in [-0.2, -0.15) is 0 Å². The standard InChI is InChI=1S/C18H29NO2/c1-4-15(2)16-7-8-18(20-3)17(14-16)6-5-9-19-10-12-21-13-11-19/h7-8,14-15H,4-6,9-13H2,1-3H3. The lowest BCUT2D eigenvalue weighted by Gasteiger charge is -2.26. The normalized spacial score (nSPS) is 17.7. The highest BCUT2D eigenvalue weighted by atomic mass is 16.5. The molecular weight excluding hydrogens is 262 g/mol. The van der Waals surface area contributed by atoms with E-state index in [1.54, 1.807) is 7.11 Å². The zero-order valence-corrected chi connectivity index (χ0v) is 13.7. The number of aryl methyl sites for hydroxylation is 1. The molecule has 1 aromatic rings. The number of methoxy groups -OCH3 is 1. The van der Waals surface area contributed by atoms with Crippen LogP contribution in [0.2, 0.25) is 0 Å². The molecule has 118 valence electrons. The lowest BCUT2D eigenvalue weighted by molar-refractivity contribution is 0.0374. The molecule has 0 saturated carbocycles. The number of hydrogen-bond acceptors (Lipinski definition) is 3. The van der Waals surface area contributed by atoms with Crippen LogP contribution in [-0.4, -0.2) is 44.9 Å². The Bertz CT molecular complexity index is 427. The molecule has 0 N–H and O–H groups in total. The van der Waals surface area contributed by atoms with Crippen molar-refractivity contribution >= 4 is 0 Å². The van der Waals surface area contributed by atoms with Crippen molar-refractivity contribution in [3.05, 3.63) is 29.3 Å². The highest BCUT2D eigenvalue weighted by molar-refractivity contribution is 5.38. The second-order valence-electron chi connectivity index (χ2n) is 5.94. The molecule has 3 nitrogen and oxygen atoms in total. The predicted molar refractivity (Wildman–Crippen MR) is 87.3 cm³/mol. The van der Waals surface area contributed by atoms with Gasteiger partial charge in [-0.25, -0.2) is 0 Å². The summed E-state index contributed by atoms with van der Waals surface area (Å²) in [6, 6.07) is 6.68. The minimum Gasteiger partial charge on any atom is -0.496 e. The van der Waals surface area contributed by atoms with E-state index in [2.05, 4.69) is 36.9 Å². The summed E-state index contributed by atoms with van der Waals surface area (Å²) in [7, 11) is 1.77. The predicted octanol–water partition coefficient (Wildman–Crippen LogP) is 3.47. The Labute approximate surface area is 129 Å². The van der Waals surface area contributed by atoms with Crippen LogP contribution in [0.1, 0.15) is 43.7 Å². The van der Waals surface area contributed by atoms with Gasteiger partial charge in [-0.3, -0.25) is 4.90 Å². The lowest BCUT2D eigenvalue weighted by atomic mass is 9.95. The minimum atomic E-state index is 0.619. The minimum absolute atomic E-state index is 0.619. The number of nitrogens with zero attached hydrogens (tertiary/aromatic N) is 1. The molecule has 0 aliphatic carbocycles. The van der Waals surface area contributed by atoms with E-state index in [-0.39, 0.29) is 0 Å². The van der Waals surface area contributed by atoms with Crippen LogP contribution in [0.15, 0.2) is 18.2 Å². The number of ether oxygens (including phenoxy) is 2. The molecule has 3 heteroatoms. The molecule has 1 aliphatic heterocycles. The molecule has 1 heterocycles. The maximum atomic E-state index is 5.52. The van der Waals surface area contributed by atoms with E-state index >= 15 is 0 Å². The first-order valence-electron chi connectivity index (χ1n) is 8.21. The largest absolute Gasteiger partial charge is 0.496 e. The van der Waals surface area contributed by atoms with Crippen molar-refractivity contribution < 1.29 is 9.47 Å². The van der Waals surface area contributed by atoms with E-state index in [1.807, 2.05) is 0 Å². The third-order valence-corrected chi connectivity index (χ3v) is 4.51. The second kappa shape index (κ2) is 8.40. The fourth-order valence-electron chi connectivity index (χ4n) is 2.85. The molecular formula is C18H29NO2. The van der Waals surface area contributed by atoms with Crippen molar-refractivity contribution in [2.24, 2.45) is 0 Å². The molecule has 1 aliphatic rings. The van der Waals surface area contributed by atoms with Crippen LogP contribution in [0.25, 0.3) is 0 Å². The molecule has 1 fully saturated rings. The van der Waals surface area contributed by atoms with Crippen molar-refractivity contribution in [3.8, 4) is 5.75 Å². The number of rotatable bonds is 7. The van der Waals surface area contributed by atoms with Crippen molar-refractivity contribution in [1.29, 1.82) is 0 Å². The number of benzene rings is 1. The average Bonchev–Trinajstić information content (AvgIpc) is 2.55. The van der Waals surface area contributed by atoms with Crippen molar-refractivity contribution in [2.45, 2.75) is 39.0 Å². The lowest BCUT2D eigenvalue weighted by Crippen LogP contribution is -2.36. The van der Waals surface area contributed by atoms with Crippen LogP contribution in [0.3, 0.4) is 0 Å². The van der Waals surface area contributed by atoms with Crippen LogP contribution < -0.4 is 4.74 Å². The molecule has 1 aromatic carbocycles. The topological polar surface area (TPSA) is 21.7 Å². The first-order chi connectivity index (χ1) is 10.2. The van der Waals surface area contributed by atoms with Gasteiger partial charge in [-0.1, -0.05) is 26.0 Å². The van der Waals surface area contributed by atoms with Crippen LogP contribution in [-0.2, 0) is 11.2 Å². The van der Waals surface area contributed by atoms with E-state index in [1.165, 1.54) is 24.0 Å². The van der Waals surface area contributed by atoms with Gasteiger partial charge in [-0.05, 0) is 48.9 Å². The summed E-state index contributed by atoms with van der Waals surface area (Å²) in [6.07, 6.45) is 3.45. The summed E-state index contributed by atoms with van der Waals surface area (Å²) >= 11 is 0. The fraction of sp³-hybridized carbons (Fsp3) is 0.667. The zero-order chi connectivity index (χ0) is 15.1. The van der Waals surface area contributed by atoms with Gasteiger partial charge in [0.1, 0.15) is 5.75 Å². The third kappa shape index (κ3) is 4.72. The van der Waals surface area contributed by atoms with Crippen molar-refractivity contribution in [2.75, 3.05) is 40.0 Å². The zero-order valence-electron chi connectivity index (χ0n) is 13.7. The molecule has 0 amide bonds. The summed E-state index contributed by atoms with van der Waals surface area (Å²) < 4.78 is 10.9. The summed E-state index contributed by atoms with van der Waals surface area (Å²) in [5.41, 5.74) is 2.78. The van der Waals surface area contributed by atoms with Gasteiger partial charge in [0.2, 0.25) is 0 Å². The maximum absolute atomic E-state index is 5.52. The van der Waals surface area contributed by atoms with Crippen LogP contribution >= 0.6 is 0 Å². The number of morpholine rings is 1. The van der Waals surface area contributed by atoms with Crippen molar-refractivity contribution in [1.82, 2.24) is 4.90 Å². The molecule has 0 bridgehead atoms. The summed E-state index contributed by atoms with van der Waals surface area (Å²) in [6.45, 7) is 9.60. The Hall–Kier alpha value is -1.06. The van der Waals surface area contributed by atoms with Gasteiger partial charge in [-0.15, -0.1) is 0 Å².